The Kier molecular flexibility index (Phi) is 2.95. The molecule has 0 spiro atoms. The molecule has 0 amide bonds. The van der Waals surface area contributed by atoms with E-state index in [2.05, 4.69) is 0 Å². The SMILES string of the molecule is NC[C@@]12COC(O1)[C@H](n1ccccc1=O)C(O)[C@H]2O. The lowest BCUT2D eigenvalue weighted by Gasteiger charge is -2.42. The number of nitrogens with zero attached hydrogens (tertiary/aromatic N) is 1. The number of ether oxygens (including phenoxy) is 2. The quantitative estimate of drug-likeness (QED) is 0.584. The van der Waals surface area contributed by atoms with E-state index >= 15 is 0 Å². The maximum atomic E-state index is 11.8. The first kappa shape index (κ1) is 12.8. The van der Waals surface area contributed by atoms with Crippen LogP contribution < -0.4 is 11.3 Å². The van der Waals surface area contributed by atoms with Crippen LogP contribution in [0.25, 0.3) is 0 Å². The Labute approximate surface area is 109 Å². The summed E-state index contributed by atoms with van der Waals surface area (Å²) in [5.74, 6) is 0. The molecule has 2 saturated heterocycles. The van der Waals surface area contributed by atoms with Gasteiger partial charge < -0.3 is 30.0 Å². The summed E-state index contributed by atoms with van der Waals surface area (Å²) in [4.78, 5) is 11.8. The van der Waals surface area contributed by atoms with E-state index in [9.17, 15) is 15.0 Å². The monoisotopic (exact) mass is 268 g/mol. The number of fused-ring (bicyclic) bond motifs is 2. The Morgan fingerprint density at radius 2 is 2.26 bits per heavy atom. The van der Waals surface area contributed by atoms with Crippen LogP contribution in [0.5, 0.6) is 0 Å². The van der Waals surface area contributed by atoms with Crippen molar-refractivity contribution in [1.82, 2.24) is 4.57 Å². The second-order valence-electron chi connectivity index (χ2n) is 4.94. The summed E-state index contributed by atoms with van der Waals surface area (Å²) in [5.41, 5.74) is 4.22. The van der Waals surface area contributed by atoms with E-state index in [1.54, 1.807) is 12.1 Å². The molecule has 2 bridgehead atoms. The van der Waals surface area contributed by atoms with E-state index in [1.165, 1.54) is 16.8 Å². The molecule has 2 aliphatic heterocycles. The highest BCUT2D eigenvalue weighted by atomic mass is 16.7. The highest BCUT2D eigenvalue weighted by molar-refractivity contribution is 5.08. The van der Waals surface area contributed by atoms with Crippen LogP contribution in [-0.2, 0) is 9.47 Å². The van der Waals surface area contributed by atoms with Gasteiger partial charge in [-0.25, -0.2) is 0 Å². The fraction of sp³-hybridized carbons (Fsp3) is 0.583. The van der Waals surface area contributed by atoms with E-state index in [4.69, 9.17) is 15.2 Å². The molecule has 4 N–H and O–H groups in total. The van der Waals surface area contributed by atoms with Crippen molar-refractivity contribution in [2.45, 2.75) is 30.1 Å². The highest BCUT2D eigenvalue weighted by Gasteiger charge is 2.59. The number of aromatic nitrogens is 1. The van der Waals surface area contributed by atoms with Crippen LogP contribution in [0.15, 0.2) is 29.2 Å². The molecule has 0 radical (unpaired) electrons. The van der Waals surface area contributed by atoms with Crippen LogP contribution in [0.4, 0.5) is 0 Å². The topological polar surface area (TPSA) is 107 Å². The van der Waals surface area contributed by atoms with Gasteiger partial charge in [0, 0.05) is 18.8 Å². The van der Waals surface area contributed by atoms with Gasteiger partial charge in [-0.1, -0.05) is 6.07 Å². The van der Waals surface area contributed by atoms with E-state index in [-0.39, 0.29) is 18.7 Å². The maximum Gasteiger partial charge on any atom is 0.251 e. The normalized spacial score (nSPS) is 41.4. The summed E-state index contributed by atoms with van der Waals surface area (Å²) < 4.78 is 12.4. The molecule has 1 aromatic heterocycles. The summed E-state index contributed by atoms with van der Waals surface area (Å²) in [7, 11) is 0. The van der Waals surface area contributed by atoms with Crippen LogP contribution in [0.2, 0.25) is 0 Å². The fourth-order valence-electron chi connectivity index (χ4n) is 2.71. The maximum absolute atomic E-state index is 11.8. The lowest BCUT2D eigenvalue weighted by Crippen LogP contribution is -2.62. The zero-order valence-corrected chi connectivity index (χ0v) is 10.2. The van der Waals surface area contributed by atoms with Crippen molar-refractivity contribution in [2.75, 3.05) is 13.2 Å². The van der Waals surface area contributed by atoms with Gasteiger partial charge in [0.05, 0.1) is 6.61 Å². The smallest absolute Gasteiger partial charge is 0.251 e. The second-order valence-corrected chi connectivity index (χ2v) is 4.94. The third kappa shape index (κ3) is 1.74. The van der Waals surface area contributed by atoms with Gasteiger partial charge in [-0.3, -0.25) is 4.79 Å². The van der Waals surface area contributed by atoms with Crippen molar-refractivity contribution < 1.29 is 19.7 Å². The van der Waals surface area contributed by atoms with Crippen LogP contribution in [-0.4, -0.2) is 52.0 Å². The minimum Gasteiger partial charge on any atom is -0.388 e. The highest BCUT2D eigenvalue weighted by Crippen LogP contribution is 2.41. The third-order valence-electron chi connectivity index (χ3n) is 3.85. The number of rotatable bonds is 2. The number of hydrogen-bond donors (Lipinski definition) is 3. The van der Waals surface area contributed by atoms with Gasteiger partial charge in [0.15, 0.2) is 6.29 Å². The van der Waals surface area contributed by atoms with Crippen molar-refractivity contribution >= 4 is 0 Å². The number of nitrogens with two attached hydrogens (primary N) is 1. The van der Waals surface area contributed by atoms with Crippen LogP contribution in [0, 0.1) is 0 Å². The minimum absolute atomic E-state index is 0.0398. The predicted octanol–water partition coefficient (Wildman–Crippen LogP) is -1.80. The molecular weight excluding hydrogens is 252 g/mol. The molecule has 2 fully saturated rings. The summed E-state index contributed by atoms with van der Waals surface area (Å²) in [6.45, 7) is 0.141. The predicted molar refractivity (Wildman–Crippen MR) is 64.4 cm³/mol. The first-order valence-electron chi connectivity index (χ1n) is 6.12. The van der Waals surface area contributed by atoms with E-state index in [1.807, 2.05) is 0 Å². The summed E-state index contributed by atoms with van der Waals surface area (Å²) in [5, 5.41) is 20.5. The van der Waals surface area contributed by atoms with E-state index < -0.39 is 30.1 Å². The van der Waals surface area contributed by atoms with Crippen molar-refractivity contribution in [2.24, 2.45) is 5.73 Å². The van der Waals surface area contributed by atoms with Crippen molar-refractivity contribution in [3.8, 4) is 0 Å². The summed E-state index contributed by atoms with van der Waals surface area (Å²) in [6.07, 6.45) is -1.64. The molecule has 0 aliphatic carbocycles. The minimum atomic E-state index is -1.20. The molecule has 2 aliphatic rings. The third-order valence-corrected chi connectivity index (χ3v) is 3.85. The van der Waals surface area contributed by atoms with Crippen LogP contribution in [0.3, 0.4) is 0 Å². The van der Waals surface area contributed by atoms with Gasteiger partial charge in [-0.2, -0.15) is 0 Å². The molecule has 7 heteroatoms. The van der Waals surface area contributed by atoms with Gasteiger partial charge in [-0.15, -0.1) is 0 Å². The molecule has 0 aromatic carbocycles. The summed E-state index contributed by atoms with van der Waals surface area (Å²) in [6, 6.07) is 3.86. The van der Waals surface area contributed by atoms with Crippen molar-refractivity contribution in [3.63, 3.8) is 0 Å². The van der Waals surface area contributed by atoms with Gasteiger partial charge in [0.2, 0.25) is 0 Å². The molecule has 0 saturated carbocycles. The average molecular weight is 268 g/mol. The number of aliphatic hydroxyl groups excluding tert-OH is 2. The van der Waals surface area contributed by atoms with Gasteiger partial charge in [0.25, 0.3) is 5.56 Å². The van der Waals surface area contributed by atoms with Crippen LogP contribution >= 0.6 is 0 Å². The molecule has 5 atom stereocenters. The first-order valence-corrected chi connectivity index (χ1v) is 6.12. The molecular formula is C12H16N2O5. The average Bonchev–Trinajstić information content (AvgIpc) is 2.81. The van der Waals surface area contributed by atoms with Crippen LogP contribution in [0.1, 0.15) is 6.04 Å². The number of hydrogen-bond acceptors (Lipinski definition) is 6. The van der Waals surface area contributed by atoms with E-state index in [0.717, 1.165) is 0 Å². The van der Waals surface area contributed by atoms with Crippen molar-refractivity contribution in [1.29, 1.82) is 0 Å². The van der Waals surface area contributed by atoms with Gasteiger partial charge >= 0.3 is 0 Å². The summed E-state index contributed by atoms with van der Waals surface area (Å²) >= 11 is 0. The molecule has 19 heavy (non-hydrogen) atoms. The zero-order chi connectivity index (χ0) is 13.6. The largest absolute Gasteiger partial charge is 0.388 e. The Balaban J connectivity index is 2.01. The molecule has 3 rings (SSSR count). The standard InChI is InChI=1S/C12H16N2O5/c13-5-12-6-18-11(19-12)8(9(16)10(12)17)14-4-2-1-3-7(14)15/h1-4,8-11,16-17H,5-6,13H2/t8-,9?,10-,11?,12+/m1/s1. The van der Waals surface area contributed by atoms with E-state index in [0.29, 0.717) is 0 Å². The fourth-order valence-corrected chi connectivity index (χ4v) is 2.71. The molecule has 7 nitrogen and oxygen atoms in total. The Morgan fingerprint density at radius 3 is 2.95 bits per heavy atom. The lowest BCUT2D eigenvalue weighted by atomic mass is 9.88. The zero-order valence-electron chi connectivity index (χ0n) is 10.2. The van der Waals surface area contributed by atoms with Gasteiger partial charge in [-0.05, 0) is 6.07 Å². The lowest BCUT2D eigenvalue weighted by molar-refractivity contribution is -0.231. The Morgan fingerprint density at radius 1 is 1.47 bits per heavy atom. The molecule has 2 unspecified atom stereocenters. The molecule has 1 aromatic rings. The number of pyridine rings is 1. The second kappa shape index (κ2) is 4.39. The molecule has 3 heterocycles. The molecule has 104 valence electrons. The van der Waals surface area contributed by atoms with Crippen molar-refractivity contribution in [3.05, 3.63) is 34.7 Å². The Bertz CT molecular complexity index is 533. The first-order chi connectivity index (χ1) is 9.09. The Hall–Kier alpha value is -1.25. The van der Waals surface area contributed by atoms with Gasteiger partial charge in [0.1, 0.15) is 23.9 Å². The number of aliphatic hydroxyl groups is 2.